The Bertz CT molecular complexity index is 634. The van der Waals surface area contributed by atoms with Crippen LogP contribution in [0.3, 0.4) is 0 Å². The Morgan fingerprint density at radius 2 is 2.14 bits per heavy atom. The molecule has 4 atom stereocenters. The molecule has 1 fully saturated rings. The third-order valence-electron chi connectivity index (χ3n) is 3.35. The smallest absolute Gasteiger partial charge is 0.167 e. The zero-order valence-electron chi connectivity index (χ0n) is 11.2. The summed E-state index contributed by atoms with van der Waals surface area (Å²) < 4.78 is 7.09. The molecule has 1 saturated heterocycles. The van der Waals surface area contributed by atoms with Crippen LogP contribution in [0.4, 0.5) is 5.82 Å². The van der Waals surface area contributed by atoms with Gasteiger partial charge in [0.1, 0.15) is 36.8 Å². The summed E-state index contributed by atoms with van der Waals surface area (Å²) >= 11 is 0. The van der Waals surface area contributed by atoms with Crippen LogP contribution in [-0.4, -0.2) is 61.8 Å². The van der Waals surface area contributed by atoms with Gasteiger partial charge in [0.25, 0.3) is 0 Å². The third-order valence-corrected chi connectivity index (χ3v) is 3.35. The van der Waals surface area contributed by atoms with E-state index in [0.717, 1.165) is 0 Å². The Hall–Kier alpha value is -1.85. The van der Waals surface area contributed by atoms with Crippen molar-refractivity contribution in [3.05, 3.63) is 12.7 Å². The molecule has 10 nitrogen and oxygen atoms in total. The minimum atomic E-state index is -1.16. The fraction of sp³-hybridized carbons (Fsp3) is 0.545. The Kier molecular flexibility index (Phi) is 3.69. The van der Waals surface area contributed by atoms with Crippen molar-refractivity contribution in [2.75, 3.05) is 19.5 Å². The number of aliphatic hydroxyl groups is 2. The van der Waals surface area contributed by atoms with Gasteiger partial charge in [-0.25, -0.2) is 24.7 Å². The van der Waals surface area contributed by atoms with Crippen LogP contribution in [-0.2, 0) is 14.5 Å². The SMILES string of the molecule is COOC[C@H]1O[C@@H](n2cnc3c(N)ncnc32)[C@H](O)[C@@H]1O. The van der Waals surface area contributed by atoms with E-state index in [1.807, 2.05) is 0 Å². The molecule has 0 saturated carbocycles. The van der Waals surface area contributed by atoms with Gasteiger partial charge in [-0.1, -0.05) is 0 Å². The molecule has 0 unspecified atom stereocenters. The quantitative estimate of drug-likeness (QED) is 0.459. The van der Waals surface area contributed by atoms with Crippen LogP contribution >= 0.6 is 0 Å². The summed E-state index contributed by atoms with van der Waals surface area (Å²) in [5, 5.41) is 20.1. The number of nitrogen functional groups attached to an aromatic ring is 1. The third kappa shape index (κ3) is 2.32. The Morgan fingerprint density at radius 1 is 1.33 bits per heavy atom. The minimum Gasteiger partial charge on any atom is -0.387 e. The number of hydrogen-bond donors (Lipinski definition) is 3. The molecule has 0 bridgehead atoms. The number of aliphatic hydroxyl groups excluding tert-OH is 2. The van der Waals surface area contributed by atoms with Gasteiger partial charge >= 0.3 is 0 Å². The number of nitrogens with two attached hydrogens (primary N) is 1. The topological polar surface area (TPSA) is 138 Å². The molecular formula is C11H15N5O5. The van der Waals surface area contributed by atoms with Crippen molar-refractivity contribution < 1.29 is 24.7 Å². The van der Waals surface area contributed by atoms with Gasteiger partial charge in [0.2, 0.25) is 0 Å². The Balaban J connectivity index is 1.90. The van der Waals surface area contributed by atoms with Gasteiger partial charge in [-0.3, -0.25) is 4.57 Å². The van der Waals surface area contributed by atoms with Crippen LogP contribution < -0.4 is 5.73 Å². The Labute approximate surface area is 119 Å². The fourth-order valence-electron chi connectivity index (χ4n) is 2.29. The average molecular weight is 297 g/mol. The zero-order chi connectivity index (χ0) is 15.0. The summed E-state index contributed by atoms with van der Waals surface area (Å²) in [6, 6.07) is 0. The van der Waals surface area contributed by atoms with Gasteiger partial charge in [-0.05, 0) is 0 Å². The lowest BCUT2D eigenvalue weighted by Crippen LogP contribution is -2.33. The summed E-state index contributed by atoms with van der Waals surface area (Å²) in [6.07, 6.45) is -1.16. The minimum absolute atomic E-state index is 0.0189. The van der Waals surface area contributed by atoms with E-state index in [1.165, 1.54) is 24.3 Å². The highest BCUT2D eigenvalue weighted by Crippen LogP contribution is 2.31. The summed E-state index contributed by atoms with van der Waals surface area (Å²) in [6.45, 7) is -0.0189. The maximum atomic E-state index is 10.1. The van der Waals surface area contributed by atoms with Crippen LogP contribution in [0.25, 0.3) is 11.2 Å². The summed E-state index contributed by atoms with van der Waals surface area (Å²) in [5.41, 5.74) is 6.52. The van der Waals surface area contributed by atoms with Gasteiger partial charge in [0.05, 0.1) is 13.4 Å². The molecule has 2 aromatic rings. The molecule has 1 aliphatic rings. The lowest BCUT2D eigenvalue weighted by Gasteiger charge is -2.16. The Morgan fingerprint density at radius 3 is 2.90 bits per heavy atom. The molecule has 0 amide bonds. The molecular weight excluding hydrogens is 282 g/mol. The first-order valence-electron chi connectivity index (χ1n) is 6.23. The molecule has 2 aromatic heterocycles. The van der Waals surface area contributed by atoms with Gasteiger partial charge in [0, 0.05) is 0 Å². The van der Waals surface area contributed by atoms with Crippen molar-refractivity contribution in [1.29, 1.82) is 0 Å². The molecule has 21 heavy (non-hydrogen) atoms. The normalized spacial score (nSPS) is 29.3. The second-order valence-electron chi connectivity index (χ2n) is 4.58. The first kappa shape index (κ1) is 14.1. The van der Waals surface area contributed by atoms with Gasteiger partial charge in [-0.2, -0.15) is 0 Å². The summed E-state index contributed by atoms with van der Waals surface area (Å²) in [7, 11) is 1.35. The van der Waals surface area contributed by atoms with E-state index in [0.29, 0.717) is 11.2 Å². The van der Waals surface area contributed by atoms with Crippen LogP contribution in [0, 0.1) is 0 Å². The van der Waals surface area contributed by atoms with Crippen molar-refractivity contribution >= 4 is 17.0 Å². The number of anilines is 1. The second-order valence-corrected chi connectivity index (χ2v) is 4.58. The van der Waals surface area contributed by atoms with Crippen molar-refractivity contribution in [2.45, 2.75) is 24.5 Å². The standard InChI is InChI=1S/C11H15N5O5/c1-19-20-2-5-7(17)8(18)11(21-5)16-4-15-6-9(12)13-3-14-10(6)16/h3-5,7-8,11,17-18H,2H2,1H3,(H2,12,13,14)/t5-,7-,8-,11-/m1/s1. The summed E-state index contributed by atoms with van der Waals surface area (Å²) in [4.78, 5) is 21.2. The largest absolute Gasteiger partial charge is 0.387 e. The number of rotatable bonds is 4. The monoisotopic (exact) mass is 297 g/mol. The summed E-state index contributed by atoms with van der Waals surface area (Å²) in [5.74, 6) is 0.228. The molecule has 3 rings (SSSR count). The van der Waals surface area contributed by atoms with E-state index < -0.39 is 24.5 Å². The molecule has 0 aliphatic carbocycles. The maximum Gasteiger partial charge on any atom is 0.167 e. The number of ether oxygens (including phenoxy) is 1. The van der Waals surface area contributed by atoms with Crippen LogP contribution in [0.15, 0.2) is 12.7 Å². The molecule has 3 heterocycles. The van der Waals surface area contributed by atoms with Crippen molar-refractivity contribution in [2.24, 2.45) is 0 Å². The van der Waals surface area contributed by atoms with Gasteiger partial charge < -0.3 is 20.7 Å². The highest BCUT2D eigenvalue weighted by atomic mass is 17.2. The van der Waals surface area contributed by atoms with Crippen molar-refractivity contribution in [3.8, 4) is 0 Å². The number of nitrogens with zero attached hydrogens (tertiary/aromatic N) is 4. The van der Waals surface area contributed by atoms with Gasteiger partial charge in [0.15, 0.2) is 17.7 Å². The van der Waals surface area contributed by atoms with Crippen LogP contribution in [0.5, 0.6) is 0 Å². The van der Waals surface area contributed by atoms with E-state index in [1.54, 1.807) is 0 Å². The second kappa shape index (κ2) is 5.50. The van der Waals surface area contributed by atoms with Crippen molar-refractivity contribution in [1.82, 2.24) is 19.5 Å². The number of hydrogen-bond acceptors (Lipinski definition) is 9. The lowest BCUT2D eigenvalue weighted by molar-refractivity contribution is -0.290. The first-order chi connectivity index (χ1) is 10.1. The lowest BCUT2D eigenvalue weighted by atomic mass is 10.1. The zero-order valence-corrected chi connectivity index (χ0v) is 11.2. The first-order valence-corrected chi connectivity index (χ1v) is 6.23. The van der Waals surface area contributed by atoms with Gasteiger partial charge in [-0.15, -0.1) is 0 Å². The molecule has 1 aliphatic heterocycles. The van der Waals surface area contributed by atoms with Crippen molar-refractivity contribution in [3.63, 3.8) is 0 Å². The molecule has 114 valence electrons. The predicted octanol–water partition coefficient (Wildman–Crippen LogP) is -1.39. The average Bonchev–Trinajstić information content (AvgIpc) is 3.02. The molecule has 0 aromatic carbocycles. The number of imidazole rings is 1. The van der Waals surface area contributed by atoms with E-state index in [-0.39, 0.29) is 12.4 Å². The maximum absolute atomic E-state index is 10.1. The van der Waals surface area contributed by atoms with E-state index in [2.05, 4.69) is 19.8 Å². The highest BCUT2D eigenvalue weighted by Gasteiger charge is 2.44. The van der Waals surface area contributed by atoms with Crippen LogP contribution in [0.2, 0.25) is 0 Å². The molecule has 10 heteroatoms. The van der Waals surface area contributed by atoms with E-state index in [9.17, 15) is 10.2 Å². The molecule has 0 radical (unpaired) electrons. The van der Waals surface area contributed by atoms with E-state index >= 15 is 0 Å². The van der Waals surface area contributed by atoms with E-state index in [4.69, 9.17) is 15.4 Å². The predicted molar refractivity (Wildman–Crippen MR) is 68.6 cm³/mol. The van der Waals surface area contributed by atoms with Crippen LogP contribution in [0.1, 0.15) is 6.23 Å². The highest BCUT2D eigenvalue weighted by molar-refractivity contribution is 5.81. The number of aromatic nitrogens is 4. The molecule has 4 N–H and O–H groups in total. The molecule has 0 spiro atoms. The number of fused-ring (bicyclic) bond motifs is 1. The fourth-order valence-corrected chi connectivity index (χ4v) is 2.29.